The van der Waals surface area contributed by atoms with Crippen molar-refractivity contribution >= 4 is 5.91 Å². The van der Waals surface area contributed by atoms with Crippen molar-refractivity contribution in [2.24, 2.45) is 0 Å². The highest BCUT2D eigenvalue weighted by atomic mass is 19.1. The smallest absolute Gasteiger partial charge is 0.220 e. The molecule has 0 radical (unpaired) electrons. The molecule has 1 aliphatic carbocycles. The van der Waals surface area contributed by atoms with Gasteiger partial charge in [-0.25, -0.2) is 4.39 Å². The molecule has 1 fully saturated rings. The number of para-hydroxylation sites is 1. The van der Waals surface area contributed by atoms with E-state index < -0.39 is 0 Å². The first-order valence-electron chi connectivity index (χ1n) is 9.96. The zero-order chi connectivity index (χ0) is 18.7. The van der Waals surface area contributed by atoms with E-state index in [9.17, 15) is 9.18 Å². The number of carbonyl (C=O) groups excluding carboxylic acids is 1. The Balaban J connectivity index is 1.46. The van der Waals surface area contributed by atoms with E-state index in [0.717, 1.165) is 30.6 Å². The van der Waals surface area contributed by atoms with Gasteiger partial charge in [-0.15, -0.1) is 0 Å². The molecule has 1 saturated carbocycles. The summed E-state index contributed by atoms with van der Waals surface area (Å²) in [6.45, 7) is 0. The molecule has 2 aromatic rings. The number of hydrogen-bond acceptors (Lipinski definition) is 2. The molecular weight excluding hydrogens is 341 g/mol. The van der Waals surface area contributed by atoms with Gasteiger partial charge in [-0.2, -0.15) is 0 Å². The van der Waals surface area contributed by atoms with Crippen LogP contribution in [0.1, 0.15) is 62.1 Å². The molecule has 1 N–H and O–H groups in total. The Kier molecular flexibility index (Phi) is 5.15. The molecule has 4 heteroatoms. The number of aryl methyl sites for hydroxylation is 1. The van der Waals surface area contributed by atoms with Crippen LogP contribution >= 0.6 is 0 Å². The number of amides is 1. The summed E-state index contributed by atoms with van der Waals surface area (Å²) in [5, 5.41) is 3.19. The van der Waals surface area contributed by atoms with E-state index in [0.29, 0.717) is 12.0 Å². The van der Waals surface area contributed by atoms with Crippen molar-refractivity contribution in [1.82, 2.24) is 5.32 Å². The number of nitrogens with one attached hydrogen (secondary N) is 1. The van der Waals surface area contributed by atoms with Crippen LogP contribution in [0.3, 0.4) is 0 Å². The van der Waals surface area contributed by atoms with E-state index >= 15 is 0 Å². The van der Waals surface area contributed by atoms with Crippen LogP contribution in [-0.2, 0) is 11.2 Å². The van der Waals surface area contributed by atoms with Crippen LogP contribution in [0.2, 0.25) is 0 Å². The van der Waals surface area contributed by atoms with Crippen molar-refractivity contribution in [2.45, 2.75) is 63.0 Å². The first kappa shape index (κ1) is 18.0. The Hall–Kier alpha value is -2.36. The highest BCUT2D eigenvalue weighted by Gasteiger charge is 2.42. The van der Waals surface area contributed by atoms with Crippen LogP contribution < -0.4 is 10.1 Å². The molecule has 1 heterocycles. The second kappa shape index (κ2) is 7.71. The Morgan fingerprint density at radius 1 is 1.07 bits per heavy atom. The Morgan fingerprint density at radius 2 is 1.81 bits per heavy atom. The maximum absolute atomic E-state index is 13.8. The fraction of sp³-hybridized carbons (Fsp3) is 0.435. The van der Waals surface area contributed by atoms with E-state index in [1.165, 1.54) is 25.3 Å². The lowest BCUT2D eigenvalue weighted by molar-refractivity contribution is -0.122. The lowest BCUT2D eigenvalue weighted by atomic mass is 9.77. The molecule has 1 spiro atoms. The van der Waals surface area contributed by atoms with Crippen LogP contribution in [-0.4, -0.2) is 11.5 Å². The Bertz CT molecular complexity index is 814. The minimum atomic E-state index is -0.247. The third-order valence-corrected chi connectivity index (χ3v) is 5.88. The number of hydrogen-bond donors (Lipinski definition) is 1. The minimum Gasteiger partial charge on any atom is -0.487 e. The summed E-state index contributed by atoms with van der Waals surface area (Å²) < 4.78 is 20.2. The first-order chi connectivity index (χ1) is 13.2. The van der Waals surface area contributed by atoms with Gasteiger partial charge in [-0.05, 0) is 49.8 Å². The topological polar surface area (TPSA) is 38.3 Å². The van der Waals surface area contributed by atoms with E-state index in [2.05, 4.69) is 5.32 Å². The van der Waals surface area contributed by atoms with Crippen molar-refractivity contribution in [3.05, 3.63) is 65.5 Å². The average molecular weight is 367 g/mol. The van der Waals surface area contributed by atoms with Gasteiger partial charge >= 0.3 is 0 Å². The molecule has 0 bridgehead atoms. The largest absolute Gasteiger partial charge is 0.487 e. The van der Waals surface area contributed by atoms with E-state index in [-0.39, 0.29) is 29.8 Å². The number of carbonyl (C=O) groups is 1. The van der Waals surface area contributed by atoms with Gasteiger partial charge < -0.3 is 10.1 Å². The van der Waals surface area contributed by atoms with Gasteiger partial charge in [-0.1, -0.05) is 42.8 Å². The second-order valence-corrected chi connectivity index (χ2v) is 7.80. The maximum Gasteiger partial charge on any atom is 0.220 e. The van der Waals surface area contributed by atoms with Gasteiger partial charge in [-0.3, -0.25) is 4.79 Å². The fourth-order valence-electron chi connectivity index (χ4n) is 4.47. The average Bonchev–Trinajstić information content (AvgIpc) is 2.68. The van der Waals surface area contributed by atoms with Gasteiger partial charge in [0.2, 0.25) is 5.91 Å². The van der Waals surface area contributed by atoms with Crippen LogP contribution in [0.5, 0.6) is 5.75 Å². The number of benzene rings is 2. The van der Waals surface area contributed by atoms with Crippen molar-refractivity contribution in [2.75, 3.05) is 0 Å². The van der Waals surface area contributed by atoms with Gasteiger partial charge in [0, 0.05) is 18.4 Å². The molecule has 0 unspecified atom stereocenters. The van der Waals surface area contributed by atoms with E-state index in [1.54, 1.807) is 18.2 Å². The van der Waals surface area contributed by atoms with Crippen LogP contribution in [0.25, 0.3) is 0 Å². The SMILES string of the molecule is O=C(CCc1ccccc1F)N[C@@H]1CC2(CCCCC2)Oc2ccccc21. The number of ether oxygens (including phenoxy) is 1. The van der Waals surface area contributed by atoms with Gasteiger partial charge in [0.15, 0.2) is 0 Å². The quantitative estimate of drug-likeness (QED) is 0.816. The van der Waals surface area contributed by atoms with Crippen LogP contribution in [0.4, 0.5) is 4.39 Å². The molecule has 3 nitrogen and oxygen atoms in total. The van der Waals surface area contributed by atoms with Crippen molar-refractivity contribution in [3.63, 3.8) is 0 Å². The number of fused-ring (bicyclic) bond motifs is 1. The van der Waals surface area contributed by atoms with Crippen molar-refractivity contribution in [1.29, 1.82) is 0 Å². The zero-order valence-electron chi connectivity index (χ0n) is 15.5. The molecule has 1 atom stereocenters. The summed E-state index contributed by atoms with van der Waals surface area (Å²) >= 11 is 0. The molecule has 0 saturated heterocycles. The van der Waals surface area contributed by atoms with Crippen LogP contribution in [0.15, 0.2) is 48.5 Å². The third-order valence-electron chi connectivity index (χ3n) is 5.88. The number of rotatable bonds is 4. The van der Waals surface area contributed by atoms with Gasteiger partial charge in [0.05, 0.1) is 6.04 Å². The number of halogens is 1. The molecule has 0 aromatic heterocycles. The maximum atomic E-state index is 13.8. The molecule has 142 valence electrons. The van der Waals surface area contributed by atoms with Crippen LogP contribution in [0, 0.1) is 5.82 Å². The standard InChI is InChI=1S/C23H26FNO2/c24-19-10-4-2-8-17(19)12-13-22(26)25-20-16-23(14-6-1-7-15-23)27-21-11-5-3-9-18(20)21/h2-5,8-11,20H,1,6-7,12-16H2,(H,25,26)/t20-/m1/s1. The molecule has 2 aromatic carbocycles. The molecule has 1 amide bonds. The lowest BCUT2D eigenvalue weighted by Gasteiger charge is -2.44. The van der Waals surface area contributed by atoms with Gasteiger partial charge in [0.25, 0.3) is 0 Å². The van der Waals surface area contributed by atoms with E-state index in [1.807, 2.05) is 24.3 Å². The second-order valence-electron chi connectivity index (χ2n) is 7.80. The first-order valence-corrected chi connectivity index (χ1v) is 9.96. The summed E-state index contributed by atoms with van der Waals surface area (Å²) in [6.07, 6.45) is 7.21. The van der Waals surface area contributed by atoms with E-state index in [4.69, 9.17) is 4.74 Å². The molecule has 27 heavy (non-hydrogen) atoms. The summed E-state index contributed by atoms with van der Waals surface area (Å²) in [5.41, 5.74) is 1.48. The van der Waals surface area contributed by atoms with Crippen molar-refractivity contribution in [3.8, 4) is 5.75 Å². The summed E-state index contributed by atoms with van der Waals surface area (Å²) in [7, 11) is 0. The highest BCUT2D eigenvalue weighted by molar-refractivity contribution is 5.77. The molecule has 2 aliphatic rings. The predicted molar refractivity (Wildman–Crippen MR) is 103 cm³/mol. The fourth-order valence-corrected chi connectivity index (χ4v) is 4.47. The Morgan fingerprint density at radius 3 is 2.63 bits per heavy atom. The Labute approximate surface area is 159 Å². The summed E-state index contributed by atoms with van der Waals surface area (Å²) in [5.74, 6) is 0.610. The third kappa shape index (κ3) is 4.00. The van der Waals surface area contributed by atoms with Crippen molar-refractivity contribution < 1.29 is 13.9 Å². The molecule has 4 rings (SSSR count). The van der Waals surface area contributed by atoms with Gasteiger partial charge in [0.1, 0.15) is 17.2 Å². The normalized spacial score (nSPS) is 20.6. The predicted octanol–water partition coefficient (Wildman–Crippen LogP) is 5.10. The monoisotopic (exact) mass is 367 g/mol. The lowest BCUT2D eigenvalue weighted by Crippen LogP contribution is -2.46. The highest BCUT2D eigenvalue weighted by Crippen LogP contribution is 2.46. The zero-order valence-corrected chi connectivity index (χ0v) is 15.5. The summed E-state index contributed by atoms with van der Waals surface area (Å²) in [4.78, 5) is 12.6. The summed E-state index contributed by atoms with van der Waals surface area (Å²) in [6, 6.07) is 14.6. The minimum absolute atomic E-state index is 0.0362. The molecular formula is C23H26FNO2. The molecule has 1 aliphatic heterocycles.